The molecule has 1 fully saturated rings. The summed E-state index contributed by atoms with van der Waals surface area (Å²) in [6, 6.07) is 6.61. The SMILES string of the molecule is CC(=O)N1C(=S)NC(=O)C1Cc1cccc(Cl)c1. The molecule has 0 aromatic heterocycles. The summed E-state index contributed by atoms with van der Waals surface area (Å²) in [7, 11) is 0. The molecule has 1 N–H and O–H groups in total. The van der Waals surface area contributed by atoms with Crippen molar-refractivity contribution in [2.45, 2.75) is 19.4 Å². The van der Waals surface area contributed by atoms with Crippen molar-refractivity contribution >= 4 is 40.7 Å². The number of carbonyl (C=O) groups is 2. The molecule has 1 aromatic carbocycles. The average Bonchev–Trinajstić information content (AvgIpc) is 2.53. The summed E-state index contributed by atoms with van der Waals surface area (Å²) in [5.74, 6) is -0.499. The van der Waals surface area contributed by atoms with Gasteiger partial charge in [0.2, 0.25) is 11.8 Å². The lowest BCUT2D eigenvalue weighted by Crippen LogP contribution is -2.40. The number of hydrogen-bond donors (Lipinski definition) is 1. The lowest BCUT2D eigenvalue weighted by Gasteiger charge is -2.19. The van der Waals surface area contributed by atoms with Crippen LogP contribution in [0.25, 0.3) is 0 Å². The predicted octanol–water partition coefficient (Wildman–Crippen LogP) is 1.51. The molecule has 1 atom stereocenters. The van der Waals surface area contributed by atoms with Gasteiger partial charge in [0.05, 0.1) is 0 Å². The van der Waals surface area contributed by atoms with Crippen molar-refractivity contribution in [3.8, 4) is 0 Å². The fourth-order valence-corrected chi connectivity index (χ4v) is 2.51. The lowest BCUT2D eigenvalue weighted by atomic mass is 10.1. The Balaban J connectivity index is 2.24. The smallest absolute Gasteiger partial charge is 0.249 e. The van der Waals surface area contributed by atoms with E-state index in [1.54, 1.807) is 18.2 Å². The van der Waals surface area contributed by atoms with Gasteiger partial charge < -0.3 is 5.32 Å². The first-order valence-electron chi connectivity index (χ1n) is 5.38. The van der Waals surface area contributed by atoms with Crippen molar-refractivity contribution in [3.63, 3.8) is 0 Å². The highest BCUT2D eigenvalue weighted by Crippen LogP contribution is 2.17. The molecule has 94 valence electrons. The second-order valence-electron chi connectivity index (χ2n) is 4.03. The topological polar surface area (TPSA) is 49.4 Å². The highest BCUT2D eigenvalue weighted by molar-refractivity contribution is 7.80. The standard InChI is InChI=1S/C12H11ClN2O2S/c1-7(16)15-10(11(17)14-12(15)18)6-8-3-2-4-9(13)5-8/h2-5,10H,6H2,1H3,(H,14,17,18). The minimum atomic E-state index is -0.589. The molecule has 0 spiro atoms. The Kier molecular flexibility index (Phi) is 3.63. The van der Waals surface area contributed by atoms with E-state index in [0.717, 1.165) is 5.56 Å². The molecule has 0 radical (unpaired) electrons. The molecule has 18 heavy (non-hydrogen) atoms. The molecule has 1 aliphatic rings. The van der Waals surface area contributed by atoms with Gasteiger partial charge in [0.1, 0.15) is 6.04 Å². The molecule has 0 bridgehead atoms. The van der Waals surface area contributed by atoms with E-state index < -0.39 is 6.04 Å². The summed E-state index contributed by atoms with van der Waals surface area (Å²) in [6.45, 7) is 1.39. The molecule has 1 heterocycles. The van der Waals surface area contributed by atoms with Crippen LogP contribution in [0.15, 0.2) is 24.3 Å². The summed E-state index contributed by atoms with van der Waals surface area (Å²) in [4.78, 5) is 24.6. The fourth-order valence-electron chi connectivity index (χ4n) is 1.94. The van der Waals surface area contributed by atoms with Crippen molar-refractivity contribution < 1.29 is 9.59 Å². The van der Waals surface area contributed by atoms with Crippen LogP contribution in [-0.4, -0.2) is 27.9 Å². The number of thiocarbonyl (C=S) groups is 1. The highest BCUT2D eigenvalue weighted by atomic mass is 35.5. The van der Waals surface area contributed by atoms with Crippen molar-refractivity contribution in [1.29, 1.82) is 0 Å². The van der Waals surface area contributed by atoms with Crippen molar-refractivity contribution in [2.24, 2.45) is 0 Å². The predicted molar refractivity (Wildman–Crippen MR) is 72.2 cm³/mol. The Labute approximate surface area is 115 Å². The summed E-state index contributed by atoms with van der Waals surface area (Å²) in [5.41, 5.74) is 0.888. The second kappa shape index (κ2) is 5.04. The monoisotopic (exact) mass is 282 g/mol. The normalized spacial score (nSPS) is 19.0. The van der Waals surface area contributed by atoms with E-state index in [1.807, 2.05) is 6.07 Å². The van der Waals surface area contributed by atoms with Crippen molar-refractivity contribution in [2.75, 3.05) is 0 Å². The van der Waals surface area contributed by atoms with E-state index >= 15 is 0 Å². The highest BCUT2D eigenvalue weighted by Gasteiger charge is 2.38. The van der Waals surface area contributed by atoms with Crippen LogP contribution in [0.3, 0.4) is 0 Å². The van der Waals surface area contributed by atoms with Crippen LogP contribution in [-0.2, 0) is 16.0 Å². The molecular weight excluding hydrogens is 272 g/mol. The number of amides is 2. The van der Waals surface area contributed by atoms with Crippen LogP contribution >= 0.6 is 23.8 Å². The lowest BCUT2D eigenvalue weighted by molar-refractivity contribution is -0.131. The number of nitrogens with one attached hydrogen (secondary N) is 1. The van der Waals surface area contributed by atoms with Gasteiger partial charge in [-0.05, 0) is 29.9 Å². The van der Waals surface area contributed by atoms with Crippen LogP contribution in [0, 0.1) is 0 Å². The average molecular weight is 283 g/mol. The number of rotatable bonds is 2. The van der Waals surface area contributed by atoms with E-state index in [2.05, 4.69) is 5.32 Å². The van der Waals surface area contributed by atoms with Crippen molar-refractivity contribution in [1.82, 2.24) is 10.2 Å². The molecule has 2 amide bonds. The fraction of sp³-hybridized carbons (Fsp3) is 0.250. The van der Waals surface area contributed by atoms with Gasteiger partial charge in [-0.3, -0.25) is 14.5 Å². The summed E-state index contributed by atoms with van der Waals surface area (Å²) in [6.07, 6.45) is 0.395. The quantitative estimate of drug-likeness (QED) is 0.837. The largest absolute Gasteiger partial charge is 0.301 e. The van der Waals surface area contributed by atoms with Crippen LogP contribution in [0.1, 0.15) is 12.5 Å². The number of benzene rings is 1. The van der Waals surface area contributed by atoms with Gasteiger partial charge in [0.25, 0.3) is 0 Å². The molecular formula is C12H11ClN2O2S. The van der Waals surface area contributed by atoms with Crippen LogP contribution in [0.2, 0.25) is 5.02 Å². The molecule has 1 aromatic rings. The first kappa shape index (κ1) is 13.0. The third-order valence-electron chi connectivity index (χ3n) is 2.72. The summed E-state index contributed by atoms with van der Waals surface area (Å²) < 4.78 is 0. The third-order valence-corrected chi connectivity index (χ3v) is 3.25. The minimum Gasteiger partial charge on any atom is -0.301 e. The first-order chi connectivity index (χ1) is 8.49. The van der Waals surface area contributed by atoms with Crippen molar-refractivity contribution in [3.05, 3.63) is 34.9 Å². The van der Waals surface area contributed by atoms with E-state index in [4.69, 9.17) is 23.8 Å². The van der Waals surface area contributed by atoms with Crippen LogP contribution in [0.4, 0.5) is 0 Å². The van der Waals surface area contributed by atoms with E-state index in [0.29, 0.717) is 11.4 Å². The molecule has 6 heteroatoms. The Bertz CT molecular complexity index is 533. The van der Waals surface area contributed by atoms with Gasteiger partial charge in [-0.25, -0.2) is 0 Å². The Morgan fingerprint density at radius 3 is 2.89 bits per heavy atom. The summed E-state index contributed by atoms with van der Waals surface area (Å²) >= 11 is 10.8. The Morgan fingerprint density at radius 2 is 2.28 bits per heavy atom. The maximum absolute atomic E-state index is 11.8. The first-order valence-corrected chi connectivity index (χ1v) is 6.16. The molecule has 4 nitrogen and oxygen atoms in total. The number of halogens is 1. The third kappa shape index (κ3) is 2.52. The maximum atomic E-state index is 11.8. The molecule has 0 aliphatic carbocycles. The number of carbonyl (C=O) groups excluding carboxylic acids is 2. The molecule has 1 aliphatic heterocycles. The Morgan fingerprint density at radius 1 is 1.56 bits per heavy atom. The molecule has 2 rings (SSSR count). The zero-order valence-corrected chi connectivity index (χ0v) is 11.2. The van der Waals surface area contributed by atoms with Gasteiger partial charge in [0, 0.05) is 18.4 Å². The molecule has 0 saturated carbocycles. The molecule has 1 unspecified atom stereocenters. The zero-order chi connectivity index (χ0) is 13.3. The van der Waals surface area contributed by atoms with E-state index in [-0.39, 0.29) is 16.9 Å². The number of hydrogen-bond acceptors (Lipinski definition) is 3. The van der Waals surface area contributed by atoms with Gasteiger partial charge in [-0.1, -0.05) is 23.7 Å². The number of nitrogens with zero attached hydrogens (tertiary/aromatic N) is 1. The zero-order valence-electron chi connectivity index (χ0n) is 9.64. The van der Waals surface area contributed by atoms with Gasteiger partial charge >= 0.3 is 0 Å². The molecule has 1 saturated heterocycles. The van der Waals surface area contributed by atoms with E-state index in [9.17, 15) is 9.59 Å². The summed E-state index contributed by atoms with van der Waals surface area (Å²) in [5, 5.41) is 3.26. The van der Waals surface area contributed by atoms with Gasteiger partial charge in [0.15, 0.2) is 5.11 Å². The minimum absolute atomic E-state index is 0.166. The van der Waals surface area contributed by atoms with Gasteiger partial charge in [-0.15, -0.1) is 0 Å². The van der Waals surface area contributed by atoms with E-state index in [1.165, 1.54) is 11.8 Å². The van der Waals surface area contributed by atoms with Crippen LogP contribution in [0.5, 0.6) is 0 Å². The van der Waals surface area contributed by atoms with Gasteiger partial charge in [-0.2, -0.15) is 0 Å². The second-order valence-corrected chi connectivity index (χ2v) is 4.86. The Hall–Kier alpha value is -1.46. The van der Waals surface area contributed by atoms with Crippen LogP contribution < -0.4 is 5.32 Å². The maximum Gasteiger partial charge on any atom is 0.249 e.